The summed E-state index contributed by atoms with van der Waals surface area (Å²) in [5, 5.41) is 11.1. The van der Waals surface area contributed by atoms with E-state index >= 15 is 0 Å². The van der Waals surface area contributed by atoms with E-state index in [0.29, 0.717) is 21.5 Å². The zero-order valence-corrected chi connectivity index (χ0v) is 12.5. The molecule has 3 rings (SSSR count). The number of carboxylic acid groups (broad SMARTS) is 1. The number of aromatic carboxylic acids is 1. The molecule has 0 saturated carbocycles. The van der Waals surface area contributed by atoms with E-state index in [0.717, 1.165) is 5.69 Å². The first-order valence-corrected chi connectivity index (χ1v) is 7.84. The van der Waals surface area contributed by atoms with Gasteiger partial charge in [-0.1, -0.05) is 11.8 Å². The largest absolute Gasteiger partial charge is 0.475 e. The SMILES string of the molecule is Cc1csc2nc(CSc3ccc(C(=O)O)o3)cc(=O)n12. The third kappa shape index (κ3) is 2.72. The molecule has 108 valence electrons. The fraction of sp³-hybridized carbons (Fsp3) is 0.154. The van der Waals surface area contributed by atoms with Crippen LogP contribution in [-0.4, -0.2) is 20.5 Å². The van der Waals surface area contributed by atoms with E-state index in [1.807, 2.05) is 12.3 Å². The lowest BCUT2D eigenvalue weighted by atomic mass is 10.4. The van der Waals surface area contributed by atoms with Crippen molar-refractivity contribution in [1.82, 2.24) is 9.38 Å². The third-order valence-electron chi connectivity index (χ3n) is 2.78. The second-order valence-electron chi connectivity index (χ2n) is 4.29. The summed E-state index contributed by atoms with van der Waals surface area (Å²) in [5.41, 5.74) is 1.39. The number of hydrogen-bond donors (Lipinski definition) is 1. The lowest BCUT2D eigenvalue weighted by molar-refractivity contribution is 0.0656. The summed E-state index contributed by atoms with van der Waals surface area (Å²) >= 11 is 2.71. The summed E-state index contributed by atoms with van der Waals surface area (Å²) in [7, 11) is 0. The van der Waals surface area contributed by atoms with Crippen molar-refractivity contribution in [3.63, 3.8) is 0 Å². The lowest BCUT2D eigenvalue weighted by Crippen LogP contribution is -2.14. The average molecular weight is 322 g/mol. The Morgan fingerprint density at radius 2 is 2.33 bits per heavy atom. The molecular formula is C13H10N2O4S2. The maximum atomic E-state index is 12.0. The van der Waals surface area contributed by atoms with Gasteiger partial charge in [0.15, 0.2) is 10.1 Å². The molecule has 0 aromatic carbocycles. The van der Waals surface area contributed by atoms with E-state index in [1.54, 1.807) is 10.5 Å². The molecule has 3 aromatic rings. The van der Waals surface area contributed by atoms with Crippen LogP contribution in [-0.2, 0) is 5.75 Å². The molecule has 3 heterocycles. The van der Waals surface area contributed by atoms with Gasteiger partial charge in [-0.25, -0.2) is 9.78 Å². The van der Waals surface area contributed by atoms with Crippen LogP contribution in [0.15, 0.2) is 37.9 Å². The van der Waals surface area contributed by atoms with Crippen molar-refractivity contribution in [3.8, 4) is 0 Å². The molecule has 1 N–H and O–H groups in total. The van der Waals surface area contributed by atoms with E-state index in [9.17, 15) is 9.59 Å². The summed E-state index contributed by atoms with van der Waals surface area (Å²) in [4.78, 5) is 27.8. The average Bonchev–Trinajstić information content (AvgIpc) is 3.04. The number of fused-ring (bicyclic) bond motifs is 1. The highest BCUT2D eigenvalue weighted by molar-refractivity contribution is 7.98. The number of aromatic nitrogens is 2. The molecule has 0 unspecified atom stereocenters. The van der Waals surface area contributed by atoms with E-state index in [2.05, 4.69) is 4.98 Å². The van der Waals surface area contributed by atoms with Crippen LogP contribution in [0.3, 0.4) is 0 Å². The van der Waals surface area contributed by atoms with Gasteiger partial charge >= 0.3 is 5.97 Å². The van der Waals surface area contributed by atoms with Crippen molar-refractivity contribution < 1.29 is 14.3 Å². The van der Waals surface area contributed by atoms with Gasteiger partial charge in [0.1, 0.15) is 0 Å². The topological polar surface area (TPSA) is 84.8 Å². The summed E-state index contributed by atoms with van der Waals surface area (Å²) < 4.78 is 6.71. The van der Waals surface area contributed by atoms with E-state index in [-0.39, 0.29) is 11.3 Å². The molecule has 0 aliphatic carbocycles. The zero-order chi connectivity index (χ0) is 15.0. The summed E-state index contributed by atoms with van der Waals surface area (Å²) in [6.07, 6.45) is 0. The molecule has 0 aliphatic rings. The van der Waals surface area contributed by atoms with Crippen LogP contribution in [0, 0.1) is 6.92 Å². The normalized spacial score (nSPS) is 11.1. The van der Waals surface area contributed by atoms with Crippen molar-refractivity contribution >= 4 is 34.0 Å². The van der Waals surface area contributed by atoms with Gasteiger partial charge in [-0.2, -0.15) is 0 Å². The Hall–Kier alpha value is -2.06. The quantitative estimate of drug-likeness (QED) is 0.743. The van der Waals surface area contributed by atoms with Crippen molar-refractivity contribution in [1.29, 1.82) is 0 Å². The third-order valence-corrected chi connectivity index (χ3v) is 4.67. The van der Waals surface area contributed by atoms with E-state index in [1.165, 1.54) is 35.2 Å². The monoisotopic (exact) mass is 322 g/mol. The first-order chi connectivity index (χ1) is 10.0. The van der Waals surface area contributed by atoms with Crippen LogP contribution in [0.1, 0.15) is 21.9 Å². The molecule has 6 nitrogen and oxygen atoms in total. The number of rotatable bonds is 4. The van der Waals surface area contributed by atoms with Gasteiger partial charge in [0.25, 0.3) is 5.56 Å². The molecule has 0 spiro atoms. The van der Waals surface area contributed by atoms with Crippen molar-refractivity contribution in [2.45, 2.75) is 17.8 Å². The van der Waals surface area contributed by atoms with Gasteiger partial charge in [-0.3, -0.25) is 9.20 Å². The first kappa shape index (κ1) is 13.9. The lowest BCUT2D eigenvalue weighted by Gasteiger charge is -2.00. The highest BCUT2D eigenvalue weighted by atomic mass is 32.2. The number of carbonyl (C=O) groups is 1. The minimum Gasteiger partial charge on any atom is -0.475 e. The Kier molecular flexibility index (Phi) is 3.56. The highest BCUT2D eigenvalue weighted by Gasteiger charge is 2.11. The molecular weight excluding hydrogens is 312 g/mol. The van der Waals surface area contributed by atoms with Gasteiger partial charge in [-0.05, 0) is 19.1 Å². The number of carboxylic acids is 1. The number of thiazole rings is 1. The summed E-state index contributed by atoms with van der Waals surface area (Å²) in [6.45, 7) is 1.86. The second kappa shape index (κ2) is 5.38. The summed E-state index contributed by atoms with van der Waals surface area (Å²) in [5.74, 6) is -0.765. The molecule has 21 heavy (non-hydrogen) atoms. The van der Waals surface area contributed by atoms with Crippen LogP contribution < -0.4 is 5.56 Å². The van der Waals surface area contributed by atoms with Gasteiger partial charge in [0.2, 0.25) is 5.76 Å². The maximum absolute atomic E-state index is 12.0. The van der Waals surface area contributed by atoms with Crippen molar-refractivity contribution in [2.24, 2.45) is 0 Å². The number of hydrogen-bond acceptors (Lipinski definition) is 6. The second-order valence-corrected chi connectivity index (χ2v) is 6.11. The molecule has 8 heteroatoms. The van der Waals surface area contributed by atoms with Gasteiger partial charge in [0, 0.05) is 22.9 Å². The van der Waals surface area contributed by atoms with Crippen LogP contribution in [0.25, 0.3) is 4.96 Å². The number of aryl methyl sites for hydroxylation is 1. The Bertz CT molecular complexity index is 878. The molecule has 0 fully saturated rings. The smallest absolute Gasteiger partial charge is 0.371 e. The molecule has 0 atom stereocenters. The van der Waals surface area contributed by atoms with Crippen LogP contribution >= 0.6 is 23.1 Å². The first-order valence-electron chi connectivity index (χ1n) is 5.97. The zero-order valence-electron chi connectivity index (χ0n) is 10.9. The van der Waals surface area contributed by atoms with Crippen LogP contribution in [0.2, 0.25) is 0 Å². The van der Waals surface area contributed by atoms with Crippen LogP contribution in [0.4, 0.5) is 0 Å². The van der Waals surface area contributed by atoms with E-state index < -0.39 is 5.97 Å². The predicted octanol–water partition coefficient (Wildman–Crippen LogP) is 2.65. The molecule has 0 aliphatic heterocycles. The summed E-state index contributed by atoms with van der Waals surface area (Å²) in [6, 6.07) is 4.48. The van der Waals surface area contributed by atoms with Crippen molar-refractivity contribution in [3.05, 3.63) is 51.1 Å². The van der Waals surface area contributed by atoms with Gasteiger partial charge in [0.05, 0.1) is 5.69 Å². The Balaban J connectivity index is 1.81. The minimum absolute atomic E-state index is 0.102. The number of thioether (sulfide) groups is 1. The van der Waals surface area contributed by atoms with Gasteiger partial charge < -0.3 is 9.52 Å². The van der Waals surface area contributed by atoms with E-state index in [4.69, 9.17) is 9.52 Å². The molecule has 3 aromatic heterocycles. The highest BCUT2D eigenvalue weighted by Crippen LogP contribution is 2.24. The minimum atomic E-state index is -1.10. The fourth-order valence-electron chi connectivity index (χ4n) is 1.83. The maximum Gasteiger partial charge on any atom is 0.371 e. The van der Waals surface area contributed by atoms with Crippen LogP contribution in [0.5, 0.6) is 0 Å². The number of nitrogens with zero attached hydrogens (tertiary/aromatic N) is 2. The predicted molar refractivity (Wildman–Crippen MR) is 79.3 cm³/mol. The molecule has 0 amide bonds. The Labute approximate surface area is 127 Å². The standard InChI is InChI=1S/C13H10N2O4S2/c1-7-5-21-13-14-8(4-10(16)15(7)13)6-20-11-3-2-9(19-11)12(17)18/h2-5H,6H2,1H3,(H,17,18). The molecule has 0 saturated heterocycles. The Morgan fingerprint density at radius 3 is 3.05 bits per heavy atom. The fourth-order valence-corrected chi connectivity index (χ4v) is 3.47. The molecule has 0 bridgehead atoms. The van der Waals surface area contributed by atoms with Crippen molar-refractivity contribution in [2.75, 3.05) is 0 Å². The van der Waals surface area contributed by atoms with Gasteiger partial charge in [-0.15, -0.1) is 11.3 Å². The Morgan fingerprint density at radius 1 is 1.52 bits per heavy atom. The number of furan rings is 1. The molecule has 0 radical (unpaired) electrons.